The van der Waals surface area contributed by atoms with Gasteiger partial charge in [-0.2, -0.15) is 0 Å². The minimum absolute atomic E-state index is 1.29. The molecule has 0 nitrogen and oxygen atoms in total. The summed E-state index contributed by atoms with van der Waals surface area (Å²) in [5, 5.41) is 0. The van der Waals surface area contributed by atoms with Crippen LogP contribution in [0, 0.1) is 6.42 Å². The summed E-state index contributed by atoms with van der Waals surface area (Å²) in [6, 6.07) is 0. The van der Waals surface area contributed by atoms with Crippen LogP contribution in [0.2, 0.25) is 0 Å². The van der Waals surface area contributed by atoms with E-state index in [-0.39, 0.29) is 0 Å². The first-order valence-electron chi connectivity index (χ1n) is 3.00. The molecule has 0 aromatic heterocycles. The van der Waals surface area contributed by atoms with Gasteiger partial charge in [0.1, 0.15) is 12.3 Å². The van der Waals surface area contributed by atoms with E-state index in [1.54, 1.807) is 0 Å². The first-order chi connectivity index (χ1) is 5.04. The highest BCUT2D eigenvalue weighted by Gasteiger charge is 2.47. The highest BCUT2D eigenvalue weighted by molar-refractivity contribution is 5.04. The normalized spacial score (nSPS) is 52.6. The summed E-state index contributed by atoms with van der Waals surface area (Å²) in [6.07, 6.45) is -11.6. The smallest absolute Gasteiger partial charge is 0.168 e. The van der Waals surface area contributed by atoms with Crippen LogP contribution >= 0.6 is 0 Å². The molecule has 1 rings (SSSR count). The molecule has 0 saturated heterocycles. The standard InChI is InChI=1S/C6H5F5/c7-2-1-3(8)5(10)6(11)4(2)9/h2-6H. The second kappa shape index (κ2) is 2.95. The quantitative estimate of drug-likeness (QED) is 0.488. The van der Waals surface area contributed by atoms with E-state index in [1.807, 2.05) is 0 Å². The van der Waals surface area contributed by atoms with Crippen LogP contribution in [0.25, 0.3) is 0 Å². The first kappa shape index (κ1) is 8.74. The van der Waals surface area contributed by atoms with E-state index >= 15 is 0 Å². The van der Waals surface area contributed by atoms with E-state index in [1.165, 1.54) is 6.42 Å². The molecule has 0 aromatic carbocycles. The Morgan fingerprint density at radius 3 is 1.36 bits per heavy atom. The minimum atomic E-state index is -2.72. The van der Waals surface area contributed by atoms with Gasteiger partial charge in [-0.25, -0.2) is 22.0 Å². The third-order valence-electron chi connectivity index (χ3n) is 1.49. The predicted octanol–water partition coefficient (Wildman–Crippen LogP) is 1.77. The molecular formula is C6H5F5. The zero-order chi connectivity index (χ0) is 8.59. The number of halogens is 5. The minimum Gasteiger partial charge on any atom is -0.243 e. The molecule has 64 valence electrons. The fourth-order valence-electron chi connectivity index (χ4n) is 0.834. The second-order valence-electron chi connectivity index (χ2n) is 2.30. The molecule has 2 radical (unpaired) electrons. The molecule has 4 unspecified atom stereocenters. The number of hydrogen-bond donors (Lipinski definition) is 0. The summed E-state index contributed by atoms with van der Waals surface area (Å²) < 4.78 is 60.8. The van der Waals surface area contributed by atoms with Crippen molar-refractivity contribution >= 4 is 0 Å². The Hall–Kier alpha value is -0.350. The van der Waals surface area contributed by atoms with Crippen molar-refractivity contribution in [1.82, 2.24) is 0 Å². The van der Waals surface area contributed by atoms with Crippen LogP contribution in [0.1, 0.15) is 0 Å². The van der Waals surface area contributed by atoms with E-state index in [4.69, 9.17) is 0 Å². The molecule has 1 aliphatic carbocycles. The van der Waals surface area contributed by atoms with Gasteiger partial charge in [0, 0.05) is 0 Å². The van der Waals surface area contributed by atoms with E-state index < -0.39 is 30.9 Å². The Labute approximate surface area is 60.4 Å². The summed E-state index contributed by atoms with van der Waals surface area (Å²) in [5.41, 5.74) is 0. The zero-order valence-electron chi connectivity index (χ0n) is 5.28. The predicted molar refractivity (Wildman–Crippen MR) is 27.7 cm³/mol. The third kappa shape index (κ3) is 1.46. The lowest BCUT2D eigenvalue weighted by molar-refractivity contribution is -0.0207. The lowest BCUT2D eigenvalue weighted by atomic mass is 9.92. The molecule has 1 fully saturated rings. The van der Waals surface area contributed by atoms with Gasteiger partial charge in [-0.1, -0.05) is 0 Å². The fourth-order valence-corrected chi connectivity index (χ4v) is 0.834. The molecule has 1 saturated carbocycles. The summed E-state index contributed by atoms with van der Waals surface area (Å²) >= 11 is 0. The molecule has 0 N–H and O–H groups in total. The van der Waals surface area contributed by atoms with E-state index in [0.29, 0.717) is 0 Å². The lowest BCUT2D eigenvalue weighted by Crippen LogP contribution is -2.47. The second-order valence-corrected chi connectivity index (χ2v) is 2.30. The average Bonchev–Trinajstić information content (AvgIpc) is 1.97. The van der Waals surface area contributed by atoms with Crippen molar-refractivity contribution in [3.63, 3.8) is 0 Å². The Bertz CT molecular complexity index is 125. The average molecular weight is 172 g/mol. The van der Waals surface area contributed by atoms with Crippen molar-refractivity contribution in [3.8, 4) is 0 Å². The van der Waals surface area contributed by atoms with Gasteiger partial charge in [0.15, 0.2) is 18.5 Å². The molecule has 0 amide bonds. The molecule has 0 aliphatic heterocycles. The Kier molecular flexibility index (Phi) is 2.34. The van der Waals surface area contributed by atoms with Gasteiger partial charge in [-0.3, -0.25) is 0 Å². The van der Waals surface area contributed by atoms with Gasteiger partial charge in [-0.15, -0.1) is 0 Å². The SMILES string of the molecule is FC1[C]C(F)C(F)C(F)C1F. The molecule has 11 heavy (non-hydrogen) atoms. The van der Waals surface area contributed by atoms with E-state index in [2.05, 4.69) is 0 Å². The summed E-state index contributed by atoms with van der Waals surface area (Å²) in [7, 11) is 0. The van der Waals surface area contributed by atoms with Crippen molar-refractivity contribution in [2.45, 2.75) is 30.9 Å². The van der Waals surface area contributed by atoms with Gasteiger partial charge in [0.05, 0.1) is 6.42 Å². The maximum absolute atomic E-state index is 12.2. The van der Waals surface area contributed by atoms with Crippen molar-refractivity contribution in [2.24, 2.45) is 0 Å². The van der Waals surface area contributed by atoms with Crippen LogP contribution in [0.15, 0.2) is 0 Å². The van der Waals surface area contributed by atoms with Crippen LogP contribution < -0.4 is 0 Å². The van der Waals surface area contributed by atoms with Crippen LogP contribution in [-0.2, 0) is 0 Å². The van der Waals surface area contributed by atoms with Crippen molar-refractivity contribution in [2.75, 3.05) is 0 Å². The van der Waals surface area contributed by atoms with Crippen molar-refractivity contribution in [3.05, 3.63) is 6.42 Å². The largest absolute Gasteiger partial charge is 0.243 e. The topological polar surface area (TPSA) is 0 Å². The van der Waals surface area contributed by atoms with Crippen molar-refractivity contribution in [1.29, 1.82) is 0 Å². The van der Waals surface area contributed by atoms with Crippen LogP contribution in [-0.4, -0.2) is 30.9 Å². The maximum Gasteiger partial charge on any atom is 0.168 e. The Morgan fingerprint density at radius 1 is 0.636 bits per heavy atom. The monoisotopic (exact) mass is 172 g/mol. The maximum atomic E-state index is 12.2. The van der Waals surface area contributed by atoms with Gasteiger partial charge in [-0.05, 0) is 0 Å². The third-order valence-corrected chi connectivity index (χ3v) is 1.49. The number of rotatable bonds is 0. The fraction of sp³-hybridized carbons (Fsp3) is 0.833. The molecular weight excluding hydrogens is 167 g/mol. The molecule has 0 spiro atoms. The molecule has 4 atom stereocenters. The van der Waals surface area contributed by atoms with Gasteiger partial charge < -0.3 is 0 Å². The number of hydrogen-bond acceptors (Lipinski definition) is 0. The van der Waals surface area contributed by atoms with E-state index in [0.717, 1.165) is 0 Å². The molecule has 0 heterocycles. The van der Waals surface area contributed by atoms with Gasteiger partial charge in [0.2, 0.25) is 0 Å². The molecule has 1 aliphatic rings. The van der Waals surface area contributed by atoms with E-state index in [9.17, 15) is 22.0 Å². The van der Waals surface area contributed by atoms with Crippen LogP contribution in [0.5, 0.6) is 0 Å². The molecule has 0 bridgehead atoms. The highest BCUT2D eigenvalue weighted by Crippen LogP contribution is 2.30. The van der Waals surface area contributed by atoms with Crippen molar-refractivity contribution < 1.29 is 22.0 Å². The Balaban J connectivity index is 2.63. The van der Waals surface area contributed by atoms with Gasteiger partial charge >= 0.3 is 0 Å². The highest BCUT2D eigenvalue weighted by atomic mass is 19.2. The Morgan fingerprint density at radius 2 is 1.00 bits per heavy atom. The summed E-state index contributed by atoms with van der Waals surface area (Å²) in [4.78, 5) is 0. The molecule has 5 heteroatoms. The van der Waals surface area contributed by atoms with Crippen LogP contribution in [0.3, 0.4) is 0 Å². The van der Waals surface area contributed by atoms with Crippen LogP contribution in [0.4, 0.5) is 22.0 Å². The summed E-state index contributed by atoms with van der Waals surface area (Å²) in [5.74, 6) is 0. The van der Waals surface area contributed by atoms with Gasteiger partial charge in [0.25, 0.3) is 0 Å². The number of alkyl halides is 5. The first-order valence-corrected chi connectivity index (χ1v) is 3.00. The zero-order valence-corrected chi connectivity index (χ0v) is 5.28. The molecule has 0 aromatic rings. The lowest BCUT2D eigenvalue weighted by Gasteiger charge is -2.28. The summed E-state index contributed by atoms with van der Waals surface area (Å²) in [6.45, 7) is 0.